The molecule has 92 valence electrons. The number of benzene rings is 1. The van der Waals surface area contributed by atoms with E-state index in [2.05, 4.69) is 15.9 Å². The van der Waals surface area contributed by atoms with E-state index in [1.165, 1.54) is 17.0 Å². The van der Waals surface area contributed by atoms with E-state index in [0.717, 1.165) is 11.1 Å². The summed E-state index contributed by atoms with van der Waals surface area (Å²) in [7, 11) is 0. The summed E-state index contributed by atoms with van der Waals surface area (Å²) in [5, 5.41) is 0.101. The monoisotopic (exact) mass is 303 g/mol. The first kappa shape index (κ1) is 12.5. The Kier molecular flexibility index (Phi) is 3.76. The third-order valence-electron chi connectivity index (χ3n) is 2.93. The largest absolute Gasteiger partial charge is 0.307 e. The number of carbonyl (C=O) groups excluding carboxylic acids is 1. The van der Waals surface area contributed by atoms with Crippen molar-refractivity contribution in [2.45, 2.75) is 25.7 Å². The van der Waals surface area contributed by atoms with Crippen molar-refractivity contribution < 1.29 is 13.6 Å². The molecule has 2 nitrogen and oxygen atoms in total. The quantitative estimate of drug-likeness (QED) is 0.577. The van der Waals surface area contributed by atoms with Gasteiger partial charge in [-0.05, 0) is 29.7 Å². The van der Waals surface area contributed by atoms with E-state index < -0.39 is 6.30 Å². The zero-order chi connectivity index (χ0) is 12.4. The summed E-state index contributed by atoms with van der Waals surface area (Å²) in [6.07, 6.45) is -0.620. The first-order valence-electron chi connectivity index (χ1n) is 5.38. The number of fused-ring (bicyclic) bond motifs is 1. The van der Waals surface area contributed by atoms with Gasteiger partial charge in [0, 0.05) is 13.0 Å². The van der Waals surface area contributed by atoms with E-state index in [-0.39, 0.29) is 30.0 Å². The first-order chi connectivity index (χ1) is 8.11. The van der Waals surface area contributed by atoms with Gasteiger partial charge in [-0.15, -0.1) is 0 Å². The summed E-state index contributed by atoms with van der Waals surface area (Å²) in [5.41, 5.74) is 1.61. The molecule has 0 bridgehead atoms. The maximum atomic E-state index is 13.8. The van der Waals surface area contributed by atoms with Crippen LogP contribution >= 0.6 is 15.9 Å². The molecule has 1 amide bonds. The second-order valence-corrected chi connectivity index (χ2v) is 4.60. The van der Waals surface area contributed by atoms with Gasteiger partial charge in [-0.25, -0.2) is 8.78 Å². The lowest BCUT2D eigenvalue weighted by atomic mass is 10.0. The molecule has 0 N–H and O–H groups in total. The predicted molar refractivity (Wildman–Crippen MR) is 64.0 cm³/mol. The number of alkyl halides is 2. The highest BCUT2D eigenvalue weighted by Gasteiger charge is 2.26. The number of hydrogen-bond acceptors (Lipinski definition) is 1. The molecular formula is C12H12BrF2NO. The molecule has 0 unspecified atom stereocenters. The molecule has 0 aliphatic carbocycles. The van der Waals surface area contributed by atoms with E-state index in [9.17, 15) is 13.6 Å². The van der Waals surface area contributed by atoms with Gasteiger partial charge in [-0.2, -0.15) is 0 Å². The fraction of sp³-hybridized carbons (Fsp3) is 0.417. The highest BCUT2D eigenvalue weighted by molar-refractivity contribution is 9.09. The normalized spacial score (nSPS) is 19.7. The fourth-order valence-electron chi connectivity index (χ4n) is 2.02. The van der Waals surface area contributed by atoms with Gasteiger partial charge < -0.3 is 4.90 Å². The van der Waals surface area contributed by atoms with Crippen molar-refractivity contribution in [3.05, 3.63) is 35.1 Å². The Bertz CT molecular complexity index is 439. The van der Waals surface area contributed by atoms with Crippen LogP contribution in [0, 0.1) is 5.82 Å². The van der Waals surface area contributed by atoms with Crippen molar-refractivity contribution in [3.8, 4) is 0 Å². The Morgan fingerprint density at radius 1 is 1.47 bits per heavy atom. The molecule has 1 aliphatic rings. The van der Waals surface area contributed by atoms with Crippen LogP contribution < -0.4 is 0 Å². The minimum absolute atomic E-state index is 0.101. The van der Waals surface area contributed by atoms with Crippen molar-refractivity contribution in [1.82, 2.24) is 4.90 Å². The number of hydrogen-bond donors (Lipinski definition) is 0. The zero-order valence-corrected chi connectivity index (χ0v) is 10.7. The summed E-state index contributed by atoms with van der Waals surface area (Å²) >= 11 is 3.04. The summed E-state index contributed by atoms with van der Waals surface area (Å²) in [6.45, 7) is 0.210. The van der Waals surface area contributed by atoms with E-state index in [1.54, 1.807) is 6.07 Å². The Labute approximate surface area is 107 Å². The maximum absolute atomic E-state index is 13.8. The number of halogens is 3. The zero-order valence-electron chi connectivity index (χ0n) is 9.13. The molecule has 0 fully saturated rings. The molecule has 1 atom stereocenters. The van der Waals surface area contributed by atoms with Crippen molar-refractivity contribution in [3.63, 3.8) is 0 Å². The molecule has 0 spiro atoms. The lowest BCUT2D eigenvalue weighted by Gasteiger charge is -2.23. The van der Waals surface area contributed by atoms with Crippen LogP contribution in [0.1, 0.15) is 17.5 Å². The molecule has 0 aromatic heterocycles. The van der Waals surface area contributed by atoms with Crippen LogP contribution in [-0.2, 0) is 17.8 Å². The van der Waals surface area contributed by atoms with Crippen LogP contribution in [0.4, 0.5) is 8.78 Å². The molecule has 17 heavy (non-hydrogen) atoms. The Hall–Kier alpha value is -0.970. The van der Waals surface area contributed by atoms with Crippen molar-refractivity contribution in [1.29, 1.82) is 0 Å². The van der Waals surface area contributed by atoms with Crippen molar-refractivity contribution in [2.24, 2.45) is 0 Å². The van der Waals surface area contributed by atoms with Crippen LogP contribution in [0.15, 0.2) is 18.2 Å². The van der Waals surface area contributed by atoms with Gasteiger partial charge in [-0.1, -0.05) is 22.0 Å². The minimum atomic E-state index is -1.30. The molecule has 1 aliphatic heterocycles. The van der Waals surface area contributed by atoms with Crippen LogP contribution in [0.2, 0.25) is 0 Å². The number of rotatable bonds is 1. The predicted octanol–water partition coefficient (Wildman–Crippen LogP) is 2.79. The van der Waals surface area contributed by atoms with Gasteiger partial charge in [0.2, 0.25) is 5.91 Å². The third-order valence-corrected chi connectivity index (χ3v) is 3.41. The Morgan fingerprint density at radius 3 is 2.94 bits per heavy atom. The van der Waals surface area contributed by atoms with Crippen LogP contribution in [-0.4, -0.2) is 22.4 Å². The van der Waals surface area contributed by atoms with Gasteiger partial charge in [0.15, 0.2) is 6.30 Å². The van der Waals surface area contributed by atoms with E-state index >= 15 is 0 Å². The van der Waals surface area contributed by atoms with Gasteiger partial charge >= 0.3 is 0 Å². The standard InChI is InChI=1S/C12H12BrF2NO/c13-6-12(17)16-7-9-1-3-10(14)5-8(9)2-4-11(16)15/h1,3,5,11H,2,4,6-7H2/t11-/m0/s1. The number of amides is 1. The average molecular weight is 304 g/mol. The lowest BCUT2D eigenvalue weighted by molar-refractivity contribution is -0.135. The Morgan fingerprint density at radius 2 is 2.24 bits per heavy atom. The molecule has 0 radical (unpaired) electrons. The third kappa shape index (κ3) is 2.65. The second kappa shape index (κ2) is 5.12. The molecule has 0 saturated heterocycles. The summed E-state index contributed by atoms with van der Waals surface area (Å²) in [4.78, 5) is 12.8. The molecular weight excluding hydrogens is 292 g/mol. The van der Waals surface area contributed by atoms with E-state index in [1.807, 2.05) is 0 Å². The maximum Gasteiger partial charge on any atom is 0.235 e. The van der Waals surface area contributed by atoms with Crippen LogP contribution in [0.3, 0.4) is 0 Å². The van der Waals surface area contributed by atoms with Gasteiger partial charge in [0.05, 0.1) is 5.33 Å². The molecule has 1 heterocycles. The number of carbonyl (C=O) groups is 1. The lowest BCUT2D eigenvalue weighted by Crippen LogP contribution is -2.37. The molecule has 1 aromatic carbocycles. The van der Waals surface area contributed by atoms with Gasteiger partial charge in [0.1, 0.15) is 5.82 Å². The summed E-state index contributed by atoms with van der Waals surface area (Å²) in [5.74, 6) is -0.603. The average Bonchev–Trinajstić information content (AvgIpc) is 2.48. The van der Waals surface area contributed by atoms with Crippen LogP contribution in [0.5, 0.6) is 0 Å². The van der Waals surface area contributed by atoms with E-state index in [4.69, 9.17) is 0 Å². The molecule has 5 heteroatoms. The van der Waals surface area contributed by atoms with Crippen LogP contribution in [0.25, 0.3) is 0 Å². The number of nitrogens with zero attached hydrogens (tertiary/aromatic N) is 1. The Balaban J connectivity index is 2.30. The molecule has 0 saturated carbocycles. The molecule has 1 aromatic rings. The van der Waals surface area contributed by atoms with Gasteiger partial charge in [-0.3, -0.25) is 4.79 Å². The second-order valence-electron chi connectivity index (χ2n) is 4.04. The first-order valence-corrected chi connectivity index (χ1v) is 6.51. The van der Waals surface area contributed by atoms with Crippen molar-refractivity contribution >= 4 is 21.8 Å². The fourth-order valence-corrected chi connectivity index (χ4v) is 2.34. The smallest absolute Gasteiger partial charge is 0.235 e. The van der Waals surface area contributed by atoms with Crippen molar-refractivity contribution in [2.75, 3.05) is 5.33 Å². The highest BCUT2D eigenvalue weighted by atomic mass is 79.9. The van der Waals surface area contributed by atoms with E-state index in [0.29, 0.717) is 6.42 Å². The minimum Gasteiger partial charge on any atom is -0.307 e. The van der Waals surface area contributed by atoms with Gasteiger partial charge in [0.25, 0.3) is 0 Å². The molecule has 2 rings (SSSR count). The highest BCUT2D eigenvalue weighted by Crippen LogP contribution is 2.24. The summed E-state index contributed by atoms with van der Waals surface area (Å²) < 4.78 is 26.9. The summed E-state index contributed by atoms with van der Waals surface area (Å²) in [6, 6.07) is 4.38. The number of aryl methyl sites for hydroxylation is 1. The SMILES string of the molecule is O=C(CBr)N1Cc2ccc(F)cc2CC[C@H]1F. The topological polar surface area (TPSA) is 20.3 Å².